The molecule has 1 atom stereocenters. The number of imidazole rings is 1. The van der Waals surface area contributed by atoms with Crippen LogP contribution in [0, 0.1) is 0 Å². The second kappa shape index (κ2) is 7.15. The first-order valence-electron chi connectivity index (χ1n) is 9.43. The number of benzene rings is 1. The quantitative estimate of drug-likeness (QED) is 0.530. The molecule has 0 saturated heterocycles. The van der Waals surface area contributed by atoms with Gasteiger partial charge in [0.15, 0.2) is 11.6 Å². The molecule has 0 radical (unpaired) electrons. The number of amides is 1. The van der Waals surface area contributed by atoms with Crippen LogP contribution in [0.15, 0.2) is 28.9 Å². The van der Waals surface area contributed by atoms with E-state index in [9.17, 15) is 13.6 Å². The van der Waals surface area contributed by atoms with Crippen LogP contribution in [0.2, 0.25) is 0 Å². The second-order valence-electron chi connectivity index (χ2n) is 7.02. The minimum absolute atomic E-state index is 0.197. The number of aromatic amines is 1. The number of halogens is 2. The van der Waals surface area contributed by atoms with Crippen molar-refractivity contribution in [2.45, 2.75) is 18.9 Å². The van der Waals surface area contributed by atoms with E-state index in [1.807, 2.05) is 0 Å². The number of nitrogens with one attached hydrogen (secondary N) is 1. The van der Waals surface area contributed by atoms with Gasteiger partial charge in [0.1, 0.15) is 11.3 Å². The minimum atomic E-state index is -2.88. The summed E-state index contributed by atoms with van der Waals surface area (Å²) in [5, 5.41) is 3.65. The number of carbonyl (C=O) groups is 1. The Morgan fingerprint density at radius 3 is 2.94 bits per heavy atom. The number of hydrogen-bond donors (Lipinski definition) is 1. The van der Waals surface area contributed by atoms with Crippen molar-refractivity contribution in [3.63, 3.8) is 0 Å². The van der Waals surface area contributed by atoms with Crippen molar-refractivity contribution in [1.29, 1.82) is 0 Å². The molecule has 0 saturated carbocycles. The van der Waals surface area contributed by atoms with Crippen LogP contribution in [0.4, 0.5) is 8.78 Å². The lowest BCUT2D eigenvalue weighted by molar-refractivity contribution is 0.0649. The Morgan fingerprint density at radius 2 is 2.19 bits per heavy atom. The fourth-order valence-corrected chi connectivity index (χ4v) is 3.73. The van der Waals surface area contributed by atoms with E-state index in [4.69, 9.17) is 9.15 Å². The number of aryl methyl sites for hydroxylation is 1. The Balaban J connectivity index is 1.59. The van der Waals surface area contributed by atoms with Crippen LogP contribution < -0.4 is 4.74 Å². The maximum Gasteiger partial charge on any atom is 0.299 e. The standard InChI is InChI=1S/C19H17F2N7O3/c1-27-17(25-16(26-27)15(20)21)19(29)28-6-5-10-13(23-8-22-10)14(28)18-24-11-7-9(30-2)3-4-12(11)31-18/h3-4,7-8,14-15H,5-6H2,1-2H3,(H,22,23)/t14-/m0/s1. The molecule has 1 aliphatic heterocycles. The van der Waals surface area contributed by atoms with Gasteiger partial charge in [-0.3, -0.25) is 4.79 Å². The minimum Gasteiger partial charge on any atom is -0.497 e. The van der Waals surface area contributed by atoms with E-state index in [-0.39, 0.29) is 18.3 Å². The van der Waals surface area contributed by atoms with Crippen LogP contribution in [0.1, 0.15) is 46.2 Å². The van der Waals surface area contributed by atoms with Gasteiger partial charge in [-0.1, -0.05) is 0 Å². The van der Waals surface area contributed by atoms with Crippen molar-refractivity contribution in [3.05, 3.63) is 53.5 Å². The SMILES string of the molecule is COc1ccc2oc([C@@H]3c4nc[nH]c4CCN3C(=O)c3nc(C(F)F)nn3C)nc2c1. The molecule has 0 aliphatic carbocycles. The van der Waals surface area contributed by atoms with Gasteiger partial charge in [-0.2, -0.15) is 0 Å². The molecule has 31 heavy (non-hydrogen) atoms. The molecule has 1 N–H and O–H groups in total. The number of carbonyl (C=O) groups excluding carboxylic acids is 1. The molecule has 3 aromatic heterocycles. The summed E-state index contributed by atoms with van der Waals surface area (Å²) in [5.74, 6) is -0.602. The van der Waals surface area contributed by atoms with Crippen LogP contribution in [0.5, 0.6) is 5.75 Å². The lowest BCUT2D eigenvalue weighted by Gasteiger charge is -2.32. The van der Waals surface area contributed by atoms with Crippen LogP contribution >= 0.6 is 0 Å². The maximum atomic E-state index is 13.3. The largest absolute Gasteiger partial charge is 0.497 e. The fraction of sp³-hybridized carbons (Fsp3) is 0.316. The van der Waals surface area contributed by atoms with Gasteiger partial charge in [0.2, 0.25) is 17.5 Å². The molecular formula is C19H17F2N7O3. The van der Waals surface area contributed by atoms with Gasteiger partial charge in [0, 0.05) is 31.8 Å². The monoisotopic (exact) mass is 429 g/mol. The van der Waals surface area contributed by atoms with E-state index in [1.165, 1.54) is 18.3 Å². The molecule has 12 heteroatoms. The van der Waals surface area contributed by atoms with Crippen molar-refractivity contribution in [1.82, 2.24) is 34.6 Å². The first-order chi connectivity index (χ1) is 15.0. The molecule has 0 spiro atoms. The number of hydrogen-bond acceptors (Lipinski definition) is 7. The predicted molar refractivity (Wildman–Crippen MR) is 102 cm³/mol. The van der Waals surface area contributed by atoms with Gasteiger partial charge in [-0.15, -0.1) is 5.10 Å². The van der Waals surface area contributed by atoms with E-state index >= 15 is 0 Å². The van der Waals surface area contributed by atoms with Crippen LogP contribution in [0.3, 0.4) is 0 Å². The van der Waals surface area contributed by atoms with E-state index in [1.54, 1.807) is 25.3 Å². The zero-order valence-corrected chi connectivity index (χ0v) is 16.5. The summed E-state index contributed by atoms with van der Waals surface area (Å²) >= 11 is 0. The highest BCUT2D eigenvalue weighted by atomic mass is 19.3. The Hall–Kier alpha value is -3.83. The molecule has 0 fully saturated rings. The highest BCUT2D eigenvalue weighted by molar-refractivity contribution is 5.91. The summed E-state index contributed by atoms with van der Waals surface area (Å²) in [6, 6.07) is 4.43. The van der Waals surface area contributed by atoms with Crippen molar-refractivity contribution in [3.8, 4) is 5.75 Å². The topological polar surface area (TPSA) is 115 Å². The van der Waals surface area contributed by atoms with Gasteiger partial charge in [-0.05, 0) is 12.1 Å². The first-order valence-corrected chi connectivity index (χ1v) is 9.43. The summed E-state index contributed by atoms with van der Waals surface area (Å²) in [6.45, 7) is 0.289. The average molecular weight is 429 g/mol. The first kappa shape index (κ1) is 19.2. The summed E-state index contributed by atoms with van der Waals surface area (Å²) in [6.07, 6.45) is -0.838. The number of oxazole rings is 1. The second-order valence-corrected chi connectivity index (χ2v) is 7.02. The molecule has 0 unspecified atom stereocenters. The number of rotatable bonds is 4. The van der Waals surface area contributed by atoms with Crippen LogP contribution in [-0.2, 0) is 13.5 Å². The molecule has 160 valence electrons. The zero-order valence-electron chi connectivity index (χ0n) is 16.5. The van der Waals surface area contributed by atoms with E-state index in [2.05, 4.69) is 25.0 Å². The van der Waals surface area contributed by atoms with Crippen molar-refractivity contribution in [2.24, 2.45) is 7.05 Å². The molecular weight excluding hydrogens is 412 g/mol. The smallest absolute Gasteiger partial charge is 0.299 e. The van der Waals surface area contributed by atoms with Crippen molar-refractivity contribution >= 4 is 17.0 Å². The van der Waals surface area contributed by atoms with Gasteiger partial charge in [0.25, 0.3) is 12.3 Å². The summed E-state index contributed by atoms with van der Waals surface area (Å²) in [5.41, 5.74) is 2.50. The lowest BCUT2D eigenvalue weighted by Crippen LogP contribution is -2.42. The number of methoxy groups -OCH3 is 1. The third-order valence-electron chi connectivity index (χ3n) is 5.20. The highest BCUT2D eigenvalue weighted by Crippen LogP contribution is 2.36. The van der Waals surface area contributed by atoms with Gasteiger partial charge >= 0.3 is 0 Å². The molecule has 1 amide bonds. The number of alkyl halides is 2. The van der Waals surface area contributed by atoms with Gasteiger partial charge in [-0.25, -0.2) is 28.4 Å². The van der Waals surface area contributed by atoms with E-state index in [0.29, 0.717) is 29.0 Å². The van der Waals surface area contributed by atoms with Gasteiger partial charge in [0.05, 0.1) is 19.1 Å². The Kier molecular flexibility index (Phi) is 4.41. The third-order valence-corrected chi connectivity index (χ3v) is 5.20. The summed E-state index contributed by atoms with van der Waals surface area (Å²) < 4.78 is 38.3. The van der Waals surface area contributed by atoms with Crippen molar-refractivity contribution < 1.29 is 22.7 Å². The molecule has 10 nitrogen and oxygen atoms in total. The number of ether oxygens (including phenoxy) is 1. The highest BCUT2D eigenvalue weighted by Gasteiger charge is 2.39. The molecule has 1 aliphatic rings. The number of nitrogens with zero attached hydrogens (tertiary/aromatic N) is 6. The lowest BCUT2D eigenvalue weighted by atomic mass is 10.0. The zero-order chi connectivity index (χ0) is 21.7. The molecule has 4 aromatic rings. The summed E-state index contributed by atoms with van der Waals surface area (Å²) in [7, 11) is 2.95. The molecule has 0 bridgehead atoms. The maximum absolute atomic E-state index is 13.3. The predicted octanol–water partition coefficient (Wildman–Crippen LogP) is 2.41. The van der Waals surface area contributed by atoms with Crippen LogP contribution in [-0.4, -0.2) is 54.2 Å². The fourth-order valence-electron chi connectivity index (χ4n) is 3.73. The number of aromatic nitrogens is 6. The van der Waals surface area contributed by atoms with Gasteiger partial charge < -0.3 is 19.0 Å². The Morgan fingerprint density at radius 1 is 1.35 bits per heavy atom. The Labute approximate surface area is 173 Å². The average Bonchev–Trinajstić information content (AvgIpc) is 3.49. The Bertz CT molecular complexity index is 1280. The normalized spacial score (nSPS) is 16.2. The number of fused-ring (bicyclic) bond motifs is 2. The van der Waals surface area contributed by atoms with E-state index < -0.39 is 24.2 Å². The summed E-state index contributed by atoms with van der Waals surface area (Å²) in [4.78, 5) is 30.5. The van der Waals surface area contributed by atoms with E-state index in [0.717, 1.165) is 10.4 Å². The molecule has 4 heterocycles. The molecule has 5 rings (SSSR count). The van der Waals surface area contributed by atoms with Crippen molar-refractivity contribution in [2.75, 3.05) is 13.7 Å². The van der Waals surface area contributed by atoms with Crippen LogP contribution in [0.25, 0.3) is 11.1 Å². The third kappa shape index (κ3) is 3.10. The number of H-pyrrole nitrogens is 1. The molecule has 1 aromatic carbocycles.